The molecule has 0 spiro atoms. The van der Waals surface area contributed by atoms with Gasteiger partial charge in [-0.15, -0.1) is 0 Å². The number of pyridine rings is 1. The lowest BCUT2D eigenvalue weighted by Gasteiger charge is -2.14. The van der Waals surface area contributed by atoms with Crippen LogP contribution >= 0.6 is 0 Å². The highest BCUT2D eigenvalue weighted by Gasteiger charge is 2.17. The van der Waals surface area contributed by atoms with Gasteiger partial charge in [0.25, 0.3) is 0 Å². The van der Waals surface area contributed by atoms with Gasteiger partial charge in [0.15, 0.2) is 5.75 Å². The van der Waals surface area contributed by atoms with Crippen molar-refractivity contribution >= 4 is 16.9 Å². The molecule has 0 aliphatic heterocycles. The van der Waals surface area contributed by atoms with E-state index in [1.807, 2.05) is 13.0 Å². The maximum atomic E-state index is 11.4. The lowest BCUT2D eigenvalue weighted by molar-refractivity contribution is 0.0648. The molecule has 0 saturated heterocycles. The molecule has 0 radical (unpaired) electrons. The number of rotatable bonds is 5. The molecule has 0 saturated carbocycles. The van der Waals surface area contributed by atoms with Crippen LogP contribution < -0.4 is 4.74 Å². The van der Waals surface area contributed by atoms with E-state index in [0.29, 0.717) is 10.9 Å². The fourth-order valence-corrected chi connectivity index (χ4v) is 1.73. The number of carboxylic acids is 1. The van der Waals surface area contributed by atoms with Crippen molar-refractivity contribution in [1.82, 2.24) is 4.98 Å². The van der Waals surface area contributed by atoms with E-state index in [0.717, 1.165) is 0 Å². The molecule has 1 aromatic carbocycles. The Morgan fingerprint density at radius 3 is 2.84 bits per heavy atom. The van der Waals surface area contributed by atoms with Crippen molar-refractivity contribution in [3.63, 3.8) is 0 Å². The highest BCUT2D eigenvalue weighted by molar-refractivity contribution is 6.04. The van der Waals surface area contributed by atoms with Crippen molar-refractivity contribution in [2.24, 2.45) is 0 Å². The Labute approximate surface area is 110 Å². The summed E-state index contributed by atoms with van der Waals surface area (Å²) in [6, 6.07) is 7.08. The molecular weight excluding hydrogens is 246 g/mol. The second kappa shape index (κ2) is 5.67. The number of fused-ring (bicyclic) bond motifs is 1. The summed E-state index contributed by atoms with van der Waals surface area (Å²) in [5.41, 5.74) is 0.765. The molecule has 1 aromatic heterocycles. The quantitative estimate of drug-likeness (QED) is 0.894. The van der Waals surface area contributed by atoms with Crippen LogP contribution in [0.25, 0.3) is 10.9 Å². The van der Waals surface area contributed by atoms with Crippen molar-refractivity contribution in [2.45, 2.75) is 13.0 Å². The van der Waals surface area contributed by atoms with Gasteiger partial charge in [0, 0.05) is 12.5 Å². The zero-order valence-corrected chi connectivity index (χ0v) is 10.8. The SMILES string of the molecule is COC(C)COc1cnc2ccccc2c1C(=O)O. The Balaban J connectivity index is 2.43. The van der Waals surface area contributed by atoms with Gasteiger partial charge >= 0.3 is 5.97 Å². The molecule has 2 aromatic rings. The van der Waals surface area contributed by atoms with Crippen LogP contribution in [0, 0.1) is 0 Å². The molecule has 1 atom stereocenters. The number of methoxy groups -OCH3 is 1. The number of aromatic nitrogens is 1. The van der Waals surface area contributed by atoms with Gasteiger partial charge in [-0.2, -0.15) is 0 Å². The molecule has 0 aliphatic rings. The summed E-state index contributed by atoms with van der Waals surface area (Å²) in [7, 11) is 1.57. The predicted molar refractivity (Wildman–Crippen MR) is 70.7 cm³/mol. The standard InChI is InChI=1S/C14H15NO4/c1-9(18-2)8-19-12-7-15-11-6-4-3-5-10(11)13(12)14(16)17/h3-7,9H,8H2,1-2H3,(H,16,17). The number of carbonyl (C=O) groups is 1. The van der Waals surface area contributed by atoms with Gasteiger partial charge < -0.3 is 14.6 Å². The summed E-state index contributed by atoms with van der Waals surface area (Å²) < 4.78 is 10.6. The van der Waals surface area contributed by atoms with Crippen molar-refractivity contribution in [1.29, 1.82) is 0 Å². The van der Waals surface area contributed by atoms with E-state index in [1.54, 1.807) is 25.3 Å². The zero-order valence-electron chi connectivity index (χ0n) is 10.8. The third kappa shape index (κ3) is 2.82. The van der Waals surface area contributed by atoms with Crippen LogP contribution in [0.2, 0.25) is 0 Å². The van der Waals surface area contributed by atoms with Gasteiger partial charge in [-0.25, -0.2) is 4.79 Å². The monoisotopic (exact) mass is 261 g/mol. The number of nitrogens with zero attached hydrogens (tertiary/aromatic N) is 1. The van der Waals surface area contributed by atoms with Crippen LogP contribution in [0.1, 0.15) is 17.3 Å². The zero-order chi connectivity index (χ0) is 13.8. The van der Waals surface area contributed by atoms with E-state index in [9.17, 15) is 9.90 Å². The fraction of sp³-hybridized carbons (Fsp3) is 0.286. The molecule has 1 unspecified atom stereocenters. The minimum atomic E-state index is -1.03. The van der Waals surface area contributed by atoms with E-state index >= 15 is 0 Å². The molecule has 5 heteroatoms. The topological polar surface area (TPSA) is 68.7 Å². The van der Waals surface area contributed by atoms with Crippen LogP contribution in [0.3, 0.4) is 0 Å². The number of hydrogen-bond acceptors (Lipinski definition) is 4. The second-order valence-corrected chi connectivity index (χ2v) is 4.18. The smallest absolute Gasteiger partial charge is 0.340 e. The van der Waals surface area contributed by atoms with Crippen LogP contribution in [-0.4, -0.2) is 35.9 Å². The van der Waals surface area contributed by atoms with Crippen LogP contribution in [-0.2, 0) is 4.74 Å². The summed E-state index contributed by atoms with van der Waals surface area (Å²) >= 11 is 0. The first-order valence-electron chi connectivity index (χ1n) is 5.90. The first-order valence-corrected chi connectivity index (χ1v) is 5.90. The summed E-state index contributed by atoms with van der Waals surface area (Å²) in [6.07, 6.45) is 1.32. The maximum Gasteiger partial charge on any atom is 0.340 e. The normalized spacial score (nSPS) is 12.3. The third-order valence-corrected chi connectivity index (χ3v) is 2.83. The average molecular weight is 261 g/mol. The number of benzene rings is 1. The Kier molecular flexibility index (Phi) is 3.97. The van der Waals surface area contributed by atoms with Crippen molar-refractivity contribution in [2.75, 3.05) is 13.7 Å². The number of aromatic carboxylic acids is 1. The Hall–Kier alpha value is -2.14. The molecule has 0 aliphatic carbocycles. The lowest BCUT2D eigenvalue weighted by atomic mass is 10.1. The molecule has 2 rings (SSSR count). The molecule has 19 heavy (non-hydrogen) atoms. The number of carboxylic acid groups (broad SMARTS) is 1. The van der Waals surface area contributed by atoms with E-state index < -0.39 is 5.97 Å². The van der Waals surface area contributed by atoms with Gasteiger partial charge in [-0.3, -0.25) is 4.98 Å². The van der Waals surface area contributed by atoms with Gasteiger partial charge in [0.1, 0.15) is 12.2 Å². The van der Waals surface area contributed by atoms with Gasteiger partial charge in [-0.05, 0) is 13.0 Å². The van der Waals surface area contributed by atoms with E-state index in [4.69, 9.17) is 9.47 Å². The number of hydrogen-bond donors (Lipinski definition) is 1. The van der Waals surface area contributed by atoms with Crippen LogP contribution in [0.4, 0.5) is 0 Å². The minimum Gasteiger partial charge on any atom is -0.488 e. The van der Waals surface area contributed by atoms with E-state index in [-0.39, 0.29) is 24.0 Å². The lowest BCUT2D eigenvalue weighted by Crippen LogP contribution is -2.17. The molecule has 0 bridgehead atoms. The van der Waals surface area contributed by atoms with Crippen LogP contribution in [0.15, 0.2) is 30.5 Å². The van der Waals surface area contributed by atoms with Gasteiger partial charge in [0.2, 0.25) is 0 Å². The molecular formula is C14H15NO4. The maximum absolute atomic E-state index is 11.4. The Morgan fingerprint density at radius 1 is 1.42 bits per heavy atom. The minimum absolute atomic E-state index is 0.117. The molecule has 0 fully saturated rings. The second-order valence-electron chi connectivity index (χ2n) is 4.18. The third-order valence-electron chi connectivity index (χ3n) is 2.83. The summed E-state index contributed by atoms with van der Waals surface area (Å²) in [6.45, 7) is 2.12. The molecule has 1 N–H and O–H groups in total. The van der Waals surface area contributed by atoms with Gasteiger partial charge in [-0.1, -0.05) is 18.2 Å². The van der Waals surface area contributed by atoms with Crippen molar-refractivity contribution < 1.29 is 19.4 Å². The van der Waals surface area contributed by atoms with E-state index in [1.165, 1.54) is 6.20 Å². The molecule has 0 amide bonds. The number of ether oxygens (including phenoxy) is 2. The molecule has 1 heterocycles. The predicted octanol–water partition coefficient (Wildman–Crippen LogP) is 2.35. The summed E-state index contributed by atoms with van der Waals surface area (Å²) in [4.78, 5) is 15.6. The van der Waals surface area contributed by atoms with Gasteiger partial charge in [0.05, 0.1) is 17.8 Å². The number of para-hydroxylation sites is 1. The summed E-state index contributed by atoms with van der Waals surface area (Å²) in [5.74, 6) is -0.770. The van der Waals surface area contributed by atoms with Crippen molar-refractivity contribution in [3.05, 3.63) is 36.0 Å². The molecule has 100 valence electrons. The highest BCUT2D eigenvalue weighted by atomic mass is 16.5. The average Bonchev–Trinajstić information content (AvgIpc) is 2.43. The van der Waals surface area contributed by atoms with Crippen LogP contribution in [0.5, 0.6) is 5.75 Å². The fourth-order valence-electron chi connectivity index (χ4n) is 1.73. The first-order chi connectivity index (χ1) is 9.13. The molecule has 5 nitrogen and oxygen atoms in total. The van der Waals surface area contributed by atoms with Crippen molar-refractivity contribution in [3.8, 4) is 5.75 Å². The van der Waals surface area contributed by atoms with E-state index in [2.05, 4.69) is 4.98 Å². The first kappa shape index (κ1) is 13.3. The highest BCUT2D eigenvalue weighted by Crippen LogP contribution is 2.26. The largest absolute Gasteiger partial charge is 0.488 e. The summed E-state index contributed by atoms with van der Waals surface area (Å²) in [5, 5.41) is 9.91. The Morgan fingerprint density at radius 2 is 2.16 bits per heavy atom. The Bertz CT molecular complexity index is 597.